The minimum atomic E-state index is -0.442. The Morgan fingerprint density at radius 2 is 1.88 bits per heavy atom. The fraction of sp³-hybridized carbons (Fsp3) is 0.381. The van der Waals surface area contributed by atoms with E-state index in [2.05, 4.69) is 25.1 Å². The van der Waals surface area contributed by atoms with Crippen LogP contribution in [0, 0.1) is 0 Å². The number of hydrogen-bond acceptors (Lipinski definition) is 3. The molecule has 0 saturated carbocycles. The van der Waals surface area contributed by atoms with Crippen LogP contribution in [0.2, 0.25) is 0 Å². The first-order chi connectivity index (χ1) is 11.7. The monoisotopic (exact) mass is 322 g/mol. The van der Waals surface area contributed by atoms with Crippen LogP contribution >= 0.6 is 0 Å². The lowest BCUT2D eigenvalue weighted by Gasteiger charge is -2.36. The molecule has 1 heterocycles. The van der Waals surface area contributed by atoms with Crippen molar-refractivity contribution < 1.29 is 14.3 Å². The van der Waals surface area contributed by atoms with E-state index >= 15 is 0 Å². The largest absolute Gasteiger partial charge is 0.346 e. The summed E-state index contributed by atoms with van der Waals surface area (Å²) < 4.78 is 11.2. The van der Waals surface area contributed by atoms with Gasteiger partial charge in [-0.1, -0.05) is 49.4 Å². The normalized spacial score (nSPS) is 24.1. The first kappa shape index (κ1) is 15.6. The van der Waals surface area contributed by atoms with Gasteiger partial charge in [-0.3, -0.25) is 4.79 Å². The average Bonchev–Trinajstić information content (AvgIpc) is 3.18. The third-order valence-electron chi connectivity index (χ3n) is 5.45. The van der Waals surface area contributed by atoms with Crippen LogP contribution in [0.25, 0.3) is 0 Å². The number of ketones is 1. The number of benzene rings is 2. The summed E-state index contributed by atoms with van der Waals surface area (Å²) >= 11 is 0. The Kier molecular flexibility index (Phi) is 3.99. The fourth-order valence-corrected chi connectivity index (χ4v) is 4.03. The van der Waals surface area contributed by atoms with Crippen molar-refractivity contribution in [2.45, 2.75) is 37.9 Å². The van der Waals surface area contributed by atoms with E-state index in [1.54, 1.807) is 0 Å². The first-order valence-corrected chi connectivity index (χ1v) is 8.71. The molecule has 1 fully saturated rings. The minimum absolute atomic E-state index is 0.247. The van der Waals surface area contributed by atoms with Gasteiger partial charge in [0.05, 0.1) is 18.6 Å². The van der Waals surface area contributed by atoms with Crippen LogP contribution in [0.4, 0.5) is 0 Å². The van der Waals surface area contributed by atoms with E-state index in [-0.39, 0.29) is 12.1 Å². The minimum Gasteiger partial charge on any atom is -0.346 e. The summed E-state index contributed by atoms with van der Waals surface area (Å²) in [6.07, 6.45) is 2.30. The van der Waals surface area contributed by atoms with E-state index in [9.17, 15) is 4.79 Å². The number of ether oxygens (including phenoxy) is 2. The maximum Gasteiger partial charge on any atom is 0.184 e. The zero-order chi connectivity index (χ0) is 16.6. The molecule has 0 radical (unpaired) electrons. The van der Waals surface area contributed by atoms with Crippen molar-refractivity contribution in [3.8, 4) is 0 Å². The highest BCUT2D eigenvalue weighted by Crippen LogP contribution is 2.42. The van der Waals surface area contributed by atoms with Gasteiger partial charge in [0, 0.05) is 11.1 Å². The Morgan fingerprint density at radius 1 is 1.08 bits per heavy atom. The van der Waals surface area contributed by atoms with E-state index in [4.69, 9.17) is 9.47 Å². The molecule has 0 spiro atoms. The van der Waals surface area contributed by atoms with Gasteiger partial charge in [-0.2, -0.15) is 0 Å². The van der Waals surface area contributed by atoms with E-state index in [1.165, 1.54) is 5.56 Å². The van der Waals surface area contributed by atoms with Gasteiger partial charge < -0.3 is 9.47 Å². The van der Waals surface area contributed by atoms with Crippen LogP contribution in [0.5, 0.6) is 0 Å². The molecule has 1 aliphatic carbocycles. The molecule has 0 amide bonds. The average molecular weight is 322 g/mol. The SMILES string of the molecule is CCC1(c2cccc(C3OCCO3)c2)CCc2ccccc2C1=O. The third-order valence-corrected chi connectivity index (χ3v) is 5.45. The summed E-state index contributed by atoms with van der Waals surface area (Å²) in [4.78, 5) is 13.3. The molecule has 0 N–H and O–H groups in total. The zero-order valence-corrected chi connectivity index (χ0v) is 14.0. The van der Waals surface area contributed by atoms with Crippen LogP contribution in [0.15, 0.2) is 48.5 Å². The van der Waals surface area contributed by atoms with E-state index in [0.29, 0.717) is 13.2 Å². The number of aryl methyl sites for hydroxylation is 1. The van der Waals surface area contributed by atoms with Crippen molar-refractivity contribution in [2.75, 3.05) is 13.2 Å². The van der Waals surface area contributed by atoms with Gasteiger partial charge in [0.25, 0.3) is 0 Å². The lowest BCUT2D eigenvalue weighted by atomic mass is 9.65. The van der Waals surface area contributed by atoms with Gasteiger partial charge in [0.1, 0.15) is 0 Å². The molecule has 3 nitrogen and oxygen atoms in total. The molecular formula is C21H22O3. The van der Waals surface area contributed by atoms with Gasteiger partial charge >= 0.3 is 0 Å². The summed E-state index contributed by atoms with van der Waals surface area (Å²) in [6.45, 7) is 3.36. The number of Topliss-reactive ketones (excluding diaryl/α,β-unsaturated/α-hetero) is 1. The van der Waals surface area contributed by atoms with Gasteiger partial charge in [0.15, 0.2) is 12.1 Å². The Hall–Kier alpha value is -1.97. The van der Waals surface area contributed by atoms with Gasteiger partial charge in [-0.25, -0.2) is 0 Å². The highest BCUT2D eigenvalue weighted by molar-refractivity contribution is 6.06. The topological polar surface area (TPSA) is 35.5 Å². The predicted octanol–water partition coefficient (Wildman–Crippen LogP) is 4.21. The molecule has 1 saturated heterocycles. The highest BCUT2D eigenvalue weighted by atomic mass is 16.7. The molecule has 1 unspecified atom stereocenters. The van der Waals surface area contributed by atoms with Crippen molar-refractivity contribution in [3.05, 3.63) is 70.8 Å². The van der Waals surface area contributed by atoms with Crippen LogP contribution in [0.3, 0.4) is 0 Å². The maximum absolute atomic E-state index is 13.3. The second-order valence-electron chi connectivity index (χ2n) is 6.62. The lowest BCUT2D eigenvalue weighted by Crippen LogP contribution is -2.39. The van der Waals surface area contributed by atoms with Crippen molar-refractivity contribution in [1.29, 1.82) is 0 Å². The molecule has 1 atom stereocenters. The molecule has 2 aliphatic rings. The fourth-order valence-electron chi connectivity index (χ4n) is 4.03. The molecule has 2 aromatic rings. The smallest absolute Gasteiger partial charge is 0.184 e. The predicted molar refractivity (Wildman–Crippen MR) is 92.1 cm³/mol. The van der Waals surface area contributed by atoms with Gasteiger partial charge in [-0.05, 0) is 36.5 Å². The molecule has 4 rings (SSSR count). The zero-order valence-electron chi connectivity index (χ0n) is 14.0. The van der Waals surface area contributed by atoms with E-state index < -0.39 is 5.41 Å². The molecule has 124 valence electrons. The second-order valence-corrected chi connectivity index (χ2v) is 6.62. The first-order valence-electron chi connectivity index (χ1n) is 8.71. The Bertz CT molecular complexity index is 761. The lowest BCUT2D eigenvalue weighted by molar-refractivity contribution is -0.0442. The van der Waals surface area contributed by atoms with Crippen molar-refractivity contribution in [2.24, 2.45) is 0 Å². The molecule has 0 bridgehead atoms. The number of carbonyl (C=O) groups excluding carboxylic acids is 1. The number of carbonyl (C=O) groups is 1. The molecule has 0 aromatic heterocycles. The van der Waals surface area contributed by atoms with E-state index in [0.717, 1.165) is 36.0 Å². The number of fused-ring (bicyclic) bond motifs is 1. The Morgan fingerprint density at radius 3 is 2.67 bits per heavy atom. The van der Waals surface area contributed by atoms with Gasteiger partial charge in [0.2, 0.25) is 0 Å². The van der Waals surface area contributed by atoms with Crippen LogP contribution in [-0.4, -0.2) is 19.0 Å². The van der Waals surface area contributed by atoms with Crippen LogP contribution in [0.1, 0.15) is 53.1 Å². The van der Waals surface area contributed by atoms with Crippen LogP contribution < -0.4 is 0 Å². The summed E-state index contributed by atoms with van der Waals surface area (Å²) in [7, 11) is 0. The van der Waals surface area contributed by atoms with Crippen LogP contribution in [-0.2, 0) is 21.3 Å². The van der Waals surface area contributed by atoms with E-state index in [1.807, 2.05) is 30.3 Å². The number of rotatable bonds is 3. The molecule has 24 heavy (non-hydrogen) atoms. The summed E-state index contributed by atoms with van der Waals surface area (Å²) in [5.74, 6) is 0.247. The molecule has 1 aliphatic heterocycles. The third kappa shape index (κ3) is 2.40. The maximum atomic E-state index is 13.3. The Balaban J connectivity index is 1.76. The van der Waals surface area contributed by atoms with Crippen molar-refractivity contribution in [1.82, 2.24) is 0 Å². The molecule has 2 aromatic carbocycles. The van der Waals surface area contributed by atoms with Gasteiger partial charge in [-0.15, -0.1) is 0 Å². The standard InChI is InChI=1S/C21H22O3/c1-2-21(11-10-15-6-3-4-9-18(15)19(21)22)17-8-5-7-16(14-17)20-23-12-13-24-20/h3-9,14,20H,2,10-13H2,1H3. The summed E-state index contributed by atoms with van der Waals surface area (Å²) in [5.41, 5.74) is 3.70. The summed E-state index contributed by atoms with van der Waals surface area (Å²) in [6, 6.07) is 16.2. The highest BCUT2D eigenvalue weighted by Gasteiger charge is 2.42. The molecule has 3 heteroatoms. The number of hydrogen-bond donors (Lipinski definition) is 0. The second kappa shape index (κ2) is 6.15. The van der Waals surface area contributed by atoms with Crippen molar-refractivity contribution in [3.63, 3.8) is 0 Å². The molecular weight excluding hydrogens is 300 g/mol. The van der Waals surface area contributed by atoms with Crippen molar-refractivity contribution >= 4 is 5.78 Å². The summed E-state index contributed by atoms with van der Waals surface area (Å²) in [5, 5.41) is 0. The Labute approximate surface area is 142 Å². The quantitative estimate of drug-likeness (QED) is 0.849.